The van der Waals surface area contributed by atoms with Crippen LogP contribution in [0.1, 0.15) is 25.3 Å². The highest BCUT2D eigenvalue weighted by Crippen LogP contribution is 2.12. The summed E-state index contributed by atoms with van der Waals surface area (Å²) < 4.78 is 5.18. The second-order valence-corrected chi connectivity index (χ2v) is 5.74. The Bertz CT molecular complexity index is 363. The fourth-order valence-electron chi connectivity index (χ4n) is 2.86. The zero-order valence-electron chi connectivity index (χ0n) is 12.7. The maximum atomic E-state index is 5.18. The van der Waals surface area contributed by atoms with Gasteiger partial charge in [-0.15, -0.1) is 0 Å². The van der Waals surface area contributed by atoms with Gasteiger partial charge in [0.2, 0.25) is 0 Å². The Balaban J connectivity index is 1.64. The van der Waals surface area contributed by atoms with Crippen molar-refractivity contribution in [2.75, 3.05) is 33.4 Å². The molecule has 1 aromatic rings. The molecule has 1 saturated heterocycles. The van der Waals surface area contributed by atoms with Crippen molar-refractivity contribution in [2.24, 2.45) is 0 Å². The van der Waals surface area contributed by atoms with E-state index >= 15 is 0 Å². The summed E-state index contributed by atoms with van der Waals surface area (Å²) in [7, 11) is 1.76. The van der Waals surface area contributed by atoms with E-state index in [1.807, 2.05) is 12.4 Å². The molecule has 1 aromatic heterocycles. The molecule has 0 aromatic carbocycles. The summed E-state index contributed by atoms with van der Waals surface area (Å²) in [6.07, 6.45) is 7.36. The number of methoxy groups -OCH3 is 1. The second kappa shape index (κ2) is 8.35. The average molecular weight is 277 g/mol. The molecule has 1 atom stereocenters. The minimum Gasteiger partial charge on any atom is -0.383 e. The molecule has 0 bridgehead atoms. The summed E-state index contributed by atoms with van der Waals surface area (Å²) in [4.78, 5) is 6.63. The van der Waals surface area contributed by atoms with Gasteiger partial charge in [0.25, 0.3) is 0 Å². The third-order valence-corrected chi connectivity index (χ3v) is 3.99. The molecule has 112 valence electrons. The first-order valence-electron chi connectivity index (χ1n) is 7.64. The molecule has 2 heterocycles. The number of hydrogen-bond donors (Lipinski definition) is 1. The Morgan fingerprint density at radius 3 is 2.70 bits per heavy atom. The molecule has 0 radical (unpaired) electrons. The number of rotatable bonds is 7. The van der Waals surface area contributed by atoms with Gasteiger partial charge in [0.05, 0.1) is 6.61 Å². The van der Waals surface area contributed by atoms with Crippen LogP contribution in [0.25, 0.3) is 0 Å². The van der Waals surface area contributed by atoms with Crippen molar-refractivity contribution in [1.29, 1.82) is 0 Å². The lowest BCUT2D eigenvalue weighted by molar-refractivity contribution is 0.147. The van der Waals surface area contributed by atoms with E-state index in [1.54, 1.807) is 7.11 Å². The molecule has 2 rings (SSSR count). The van der Waals surface area contributed by atoms with Gasteiger partial charge >= 0.3 is 0 Å². The number of hydrogen-bond acceptors (Lipinski definition) is 4. The third kappa shape index (κ3) is 5.19. The summed E-state index contributed by atoms with van der Waals surface area (Å²) in [5.41, 5.74) is 1.38. The van der Waals surface area contributed by atoms with Gasteiger partial charge in [-0.3, -0.25) is 4.98 Å². The summed E-state index contributed by atoms with van der Waals surface area (Å²) >= 11 is 0. The van der Waals surface area contributed by atoms with E-state index in [-0.39, 0.29) is 0 Å². The molecule has 0 saturated carbocycles. The number of likely N-dealkylation sites (tertiary alicyclic amines) is 1. The van der Waals surface area contributed by atoms with Gasteiger partial charge in [0, 0.05) is 38.1 Å². The molecule has 4 heteroatoms. The van der Waals surface area contributed by atoms with Crippen molar-refractivity contribution in [3.8, 4) is 0 Å². The summed E-state index contributed by atoms with van der Waals surface area (Å²) in [6.45, 7) is 6.54. The Morgan fingerprint density at radius 1 is 1.35 bits per heavy atom. The predicted octanol–water partition coefficient (Wildman–Crippen LogP) is 1.71. The molecule has 1 unspecified atom stereocenters. The van der Waals surface area contributed by atoms with Crippen molar-refractivity contribution in [1.82, 2.24) is 15.2 Å². The molecule has 0 spiro atoms. The number of aromatic nitrogens is 1. The monoisotopic (exact) mass is 277 g/mol. The van der Waals surface area contributed by atoms with Gasteiger partial charge < -0.3 is 15.0 Å². The first-order chi connectivity index (χ1) is 9.78. The largest absolute Gasteiger partial charge is 0.383 e. The number of nitrogens with zero attached hydrogens (tertiary/aromatic N) is 2. The smallest absolute Gasteiger partial charge is 0.0613 e. The Morgan fingerprint density at radius 2 is 2.05 bits per heavy atom. The third-order valence-electron chi connectivity index (χ3n) is 3.99. The average Bonchev–Trinajstić information content (AvgIpc) is 2.48. The van der Waals surface area contributed by atoms with E-state index in [0.717, 1.165) is 19.6 Å². The lowest BCUT2D eigenvalue weighted by Gasteiger charge is -2.33. The summed E-state index contributed by atoms with van der Waals surface area (Å²) in [6, 6.07) is 5.33. The van der Waals surface area contributed by atoms with Crippen LogP contribution in [0.3, 0.4) is 0 Å². The predicted molar refractivity (Wildman–Crippen MR) is 81.9 cm³/mol. The minimum atomic E-state index is 0.452. The van der Waals surface area contributed by atoms with Gasteiger partial charge in [-0.25, -0.2) is 0 Å². The summed E-state index contributed by atoms with van der Waals surface area (Å²) in [5, 5.41) is 3.65. The standard InChI is InChI=1S/C16H27N3O/c1-14(13-20-2)18-16-6-11-19(12-7-16)10-5-15-3-8-17-9-4-15/h3-4,8-9,14,16,18H,5-7,10-13H2,1-2H3. The molecule has 1 aliphatic heterocycles. The van der Waals surface area contributed by atoms with Crippen LogP contribution < -0.4 is 5.32 Å². The maximum Gasteiger partial charge on any atom is 0.0613 e. The van der Waals surface area contributed by atoms with Gasteiger partial charge in [-0.2, -0.15) is 0 Å². The highest BCUT2D eigenvalue weighted by Gasteiger charge is 2.19. The molecular weight excluding hydrogens is 250 g/mol. The highest BCUT2D eigenvalue weighted by atomic mass is 16.5. The van der Waals surface area contributed by atoms with Crippen LogP contribution in [-0.2, 0) is 11.2 Å². The van der Waals surface area contributed by atoms with Crippen LogP contribution in [0.15, 0.2) is 24.5 Å². The first kappa shape index (κ1) is 15.4. The molecule has 1 fully saturated rings. The van der Waals surface area contributed by atoms with Crippen molar-refractivity contribution in [2.45, 2.75) is 38.3 Å². The number of nitrogens with one attached hydrogen (secondary N) is 1. The number of pyridine rings is 1. The Labute approximate surface area is 122 Å². The van der Waals surface area contributed by atoms with Crippen molar-refractivity contribution in [3.63, 3.8) is 0 Å². The van der Waals surface area contributed by atoms with E-state index in [0.29, 0.717) is 12.1 Å². The van der Waals surface area contributed by atoms with Crippen LogP contribution in [0, 0.1) is 0 Å². The van der Waals surface area contributed by atoms with Crippen molar-refractivity contribution >= 4 is 0 Å². The number of piperidine rings is 1. The number of ether oxygens (including phenoxy) is 1. The molecule has 1 aliphatic rings. The van der Waals surface area contributed by atoms with Crippen LogP contribution in [0.5, 0.6) is 0 Å². The van der Waals surface area contributed by atoms with E-state index in [2.05, 4.69) is 34.3 Å². The molecule has 4 nitrogen and oxygen atoms in total. The summed E-state index contributed by atoms with van der Waals surface area (Å²) in [5.74, 6) is 0. The Hall–Kier alpha value is -0.970. The van der Waals surface area contributed by atoms with E-state index in [9.17, 15) is 0 Å². The van der Waals surface area contributed by atoms with Crippen LogP contribution in [-0.4, -0.2) is 55.3 Å². The Kier molecular flexibility index (Phi) is 6.43. The van der Waals surface area contributed by atoms with Crippen molar-refractivity contribution < 1.29 is 4.74 Å². The van der Waals surface area contributed by atoms with E-state index < -0.39 is 0 Å². The lowest BCUT2D eigenvalue weighted by Crippen LogP contribution is -2.46. The van der Waals surface area contributed by atoms with E-state index in [4.69, 9.17) is 4.74 Å². The van der Waals surface area contributed by atoms with Crippen molar-refractivity contribution in [3.05, 3.63) is 30.1 Å². The van der Waals surface area contributed by atoms with Gasteiger partial charge in [0.1, 0.15) is 0 Å². The van der Waals surface area contributed by atoms with Gasteiger partial charge in [-0.1, -0.05) is 0 Å². The van der Waals surface area contributed by atoms with E-state index in [1.165, 1.54) is 31.5 Å². The molecule has 20 heavy (non-hydrogen) atoms. The fourth-order valence-corrected chi connectivity index (χ4v) is 2.86. The molecule has 0 amide bonds. The topological polar surface area (TPSA) is 37.4 Å². The maximum absolute atomic E-state index is 5.18. The molecule has 1 N–H and O–H groups in total. The lowest BCUT2D eigenvalue weighted by atomic mass is 10.0. The van der Waals surface area contributed by atoms with Gasteiger partial charge in [-0.05, 0) is 57.0 Å². The fraction of sp³-hybridized carbons (Fsp3) is 0.688. The SMILES string of the molecule is COCC(C)NC1CCN(CCc2ccncc2)CC1. The van der Waals surface area contributed by atoms with Crippen LogP contribution in [0.4, 0.5) is 0 Å². The molecular formula is C16H27N3O. The first-order valence-corrected chi connectivity index (χ1v) is 7.64. The molecule has 0 aliphatic carbocycles. The minimum absolute atomic E-state index is 0.452. The van der Waals surface area contributed by atoms with Gasteiger partial charge in [0.15, 0.2) is 0 Å². The second-order valence-electron chi connectivity index (χ2n) is 5.74. The van der Waals surface area contributed by atoms with Crippen LogP contribution >= 0.6 is 0 Å². The quantitative estimate of drug-likeness (QED) is 0.823. The van der Waals surface area contributed by atoms with Crippen LogP contribution in [0.2, 0.25) is 0 Å². The zero-order chi connectivity index (χ0) is 14.2. The zero-order valence-corrected chi connectivity index (χ0v) is 12.7. The normalized spacial score (nSPS) is 19.1. The highest BCUT2D eigenvalue weighted by molar-refractivity contribution is 5.09.